The van der Waals surface area contributed by atoms with Crippen molar-refractivity contribution in [2.75, 3.05) is 0 Å². The van der Waals surface area contributed by atoms with Crippen molar-refractivity contribution in [1.29, 1.82) is 10.5 Å². The van der Waals surface area contributed by atoms with E-state index in [1.165, 1.54) is 5.39 Å². The molecule has 0 radical (unpaired) electrons. The van der Waals surface area contributed by atoms with Crippen molar-refractivity contribution in [2.45, 2.75) is 13.8 Å². The lowest BCUT2D eigenvalue weighted by atomic mass is 10.0. The first-order chi connectivity index (χ1) is 18.7. The highest BCUT2D eigenvalue weighted by Crippen LogP contribution is 2.37. The summed E-state index contributed by atoms with van der Waals surface area (Å²) in [5, 5.41) is 22.4. The standard InChI is InChI=1S/C30H15N5O.C2H6/c31-16-24-29-23-15-19(11-13-27(23)36-30(29)34-28(17-32)33-24)18-10-12-26-22(14-18)21-8-4-5-9-25(21)35(26)20-6-2-1-3-7-20;1-2/h1-15H;1-2H3. The maximum atomic E-state index is 9.64. The average molecular weight is 492 g/mol. The largest absolute Gasteiger partial charge is 0.437 e. The third kappa shape index (κ3) is 3.48. The molecule has 0 aliphatic carbocycles. The first-order valence-electron chi connectivity index (χ1n) is 12.4. The molecule has 7 rings (SSSR count). The summed E-state index contributed by atoms with van der Waals surface area (Å²) in [5.74, 6) is -0.0846. The second kappa shape index (κ2) is 9.20. The lowest BCUT2D eigenvalue weighted by Crippen LogP contribution is -1.93. The number of hydrogen-bond donors (Lipinski definition) is 0. The van der Waals surface area contributed by atoms with Crippen LogP contribution < -0.4 is 0 Å². The van der Waals surface area contributed by atoms with Gasteiger partial charge >= 0.3 is 0 Å². The molecule has 6 heteroatoms. The molecule has 0 saturated heterocycles. The van der Waals surface area contributed by atoms with Crippen LogP contribution in [-0.4, -0.2) is 14.5 Å². The zero-order valence-corrected chi connectivity index (χ0v) is 20.8. The number of benzene rings is 4. The van der Waals surface area contributed by atoms with Crippen molar-refractivity contribution in [3.63, 3.8) is 0 Å². The molecule has 0 atom stereocenters. The van der Waals surface area contributed by atoms with Gasteiger partial charge in [0, 0.05) is 21.8 Å². The zero-order valence-electron chi connectivity index (χ0n) is 20.8. The molecule has 4 aromatic carbocycles. The minimum absolute atomic E-state index is 0.0846. The second-order valence-corrected chi connectivity index (χ2v) is 8.53. The molecule has 6 nitrogen and oxygen atoms in total. The summed E-state index contributed by atoms with van der Waals surface area (Å²) >= 11 is 0. The maximum Gasteiger partial charge on any atom is 0.236 e. The molecule has 0 N–H and O–H groups in total. The summed E-state index contributed by atoms with van der Waals surface area (Å²) in [7, 11) is 0. The van der Waals surface area contributed by atoms with Gasteiger partial charge in [-0.25, -0.2) is 4.98 Å². The molecule has 0 unspecified atom stereocenters. The predicted octanol–water partition coefficient (Wildman–Crippen LogP) is 7.91. The molecule has 180 valence electrons. The third-order valence-corrected chi connectivity index (χ3v) is 6.56. The van der Waals surface area contributed by atoms with Gasteiger partial charge in [-0.3, -0.25) is 0 Å². The van der Waals surface area contributed by atoms with E-state index < -0.39 is 0 Å². The van der Waals surface area contributed by atoms with Gasteiger partial charge in [0.2, 0.25) is 11.5 Å². The highest BCUT2D eigenvalue weighted by atomic mass is 16.3. The van der Waals surface area contributed by atoms with Gasteiger partial charge in [-0.05, 0) is 53.6 Å². The van der Waals surface area contributed by atoms with E-state index in [-0.39, 0.29) is 17.2 Å². The predicted molar refractivity (Wildman–Crippen MR) is 150 cm³/mol. The summed E-state index contributed by atoms with van der Waals surface area (Å²) in [5.41, 5.74) is 6.39. The summed E-state index contributed by atoms with van der Waals surface area (Å²) < 4.78 is 8.13. The summed E-state index contributed by atoms with van der Waals surface area (Å²) in [6.45, 7) is 4.00. The van der Waals surface area contributed by atoms with E-state index in [0.717, 1.165) is 38.6 Å². The molecule has 0 fully saturated rings. The topological polar surface area (TPSA) is 91.4 Å². The van der Waals surface area contributed by atoms with Crippen LogP contribution in [0.2, 0.25) is 0 Å². The van der Waals surface area contributed by atoms with E-state index in [9.17, 15) is 10.5 Å². The summed E-state index contributed by atoms with van der Waals surface area (Å²) in [4.78, 5) is 8.23. The van der Waals surface area contributed by atoms with Gasteiger partial charge in [-0.15, -0.1) is 0 Å². The fourth-order valence-electron chi connectivity index (χ4n) is 4.99. The smallest absolute Gasteiger partial charge is 0.236 e. The number of nitrogens with zero attached hydrogens (tertiary/aromatic N) is 5. The van der Waals surface area contributed by atoms with Crippen LogP contribution in [0, 0.1) is 22.7 Å². The molecule has 0 bridgehead atoms. The first-order valence-corrected chi connectivity index (χ1v) is 12.4. The van der Waals surface area contributed by atoms with E-state index >= 15 is 0 Å². The molecular weight excluding hydrogens is 470 g/mol. The van der Waals surface area contributed by atoms with Gasteiger partial charge in [-0.2, -0.15) is 15.5 Å². The van der Waals surface area contributed by atoms with E-state index in [2.05, 4.69) is 75.2 Å². The Hall–Kier alpha value is -5.46. The first kappa shape index (κ1) is 23.0. The number of nitriles is 2. The van der Waals surface area contributed by atoms with Crippen molar-refractivity contribution in [3.05, 3.63) is 103 Å². The number of fused-ring (bicyclic) bond motifs is 6. The Kier molecular flexibility index (Phi) is 5.56. The SMILES string of the molecule is CC.N#Cc1nc(C#N)c2c(n1)oc1ccc(-c3ccc4c(c3)c3ccccc3n4-c3ccccc3)cc12. The second-order valence-electron chi connectivity index (χ2n) is 8.53. The maximum absolute atomic E-state index is 9.64. The van der Waals surface area contributed by atoms with Crippen LogP contribution in [0.15, 0.2) is 95.4 Å². The Balaban J connectivity index is 0.00000129. The molecule has 3 heterocycles. The van der Waals surface area contributed by atoms with Gasteiger partial charge in [0.15, 0.2) is 5.69 Å². The van der Waals surface area contributed by atoms with Crippen LogP contribution in [0.5, 0.6) is 0 Å². The van der Waals surface area contributed by atoms with Crippen LogP contribution in [0.4, 0.5) is 0 Å². The number of aromatic nitrogens is 3. The van der Waals surface area contributed by atoms with Crippen molar-refractivity contribution in [1.82, 2.24) is 14.5 Å². The Morgan fingerprint density at radius 2 is 1.37 bits per heavy atom. The van der Waals surface area contributed by atoms with Crippen LogP contribution in [0.1, 0.15) is 25.4 Å². The quantitative estimate of drug-likeness (QED) is 0.245. The molecule has 38 heavy (non-hydrogen) atoms. The fourth-order valence-corrected chi connectivity index (χ4v) is 4.99. The Morgan fingerprint density at radius 3 is 2.13 bits per heavy atom. The van der Waals surface area contributed by atoms with Gasteiger partial charge in [-0.1, -0.05) is 62.4 Å². The Labute approximate surface area is 218 Å². The van der Waals surface area contributed by atoms with Gasteiger partial charge in [0.25, 0.3) is 0 Å². The number of furan rings is 1. The summed E-state index contributed by atoms with van der Waals surface area (Å²) in [6, 6.07) is 35.1. The average Bonchev–Trinajstić information content (AvgIpc) is 3.53. The Morgan fingerprint density at radius 1 is 0.684 bits per heavy atom. The van der Waals surface area contributed by atoms with Gasteiger partial charge in [0.1, 0.15) is 17.7 Å². The molecule has 7 aromatic rings. The van der Waals surface area contributed by atoms with Crippen molar-refractivity contribution in [3.8, 4) is 29.0 Å². The van der Waals surface area contributed by atoms with Gasteiger partial charge < -0.3 is 8.98 Å². The van der Waals surface area contributed by atoms with Gasteiger partial charge in [0.05, 0.1) is 16.4 Å². The molecular formula is C32H21N5O. The zero-order chi connectivity index (χ0) is 26.2. The monoisotopic (exact) mass is 491 g/mol. The number of rotatable bonds is 2. The Bertz CT molecular complexity index is 2070. The number of para-hydroxylation sites is 2. The van der Waals surface area contributed by atoms with Crippen molar-refractivity contribution in [2.24, 2.45) is 0 Å². The molecule has 0 spiro atoms. The highest BCUT2D eigenvalue weighted by Gasteiger charge is 2.17. The fraction of sp³-hybridized carbons (Fsp3) is 0.0625. The van der Waals surface area contributed by atoms with Crippen LogP contribution in [-0.2, 0) is 0 Å². The van der Waals surface area contributed by atoms with E-state index in [0.29, 0.717) is 11.0 Å². The molecule has 3 aromatic heterocycles. The molecule has 0 aliphatic rings. The molecule has 0 amide bonds. The van der Waals surface area contributed by atoms with E-state index in [1.807, 2.05) is 56.3 Å². The van der Waals surface area contributed by atoms with Crippen molar-refractivity contribution >= 4 is 43.9 Å². The number of hydrogen-bond acceptors (Lipinski definition) is 5. The van der Waals surface area contributed by atoms with E-state index in [1.54, 1.807) is 0 Å². The normalized spacial score (nSPS) is 10.8. The minimum Gasteiger partial charge on any atom is -0.437 e. The van der Waals surface area contributed by atoms with Crippen molar-refractivity contribution < 1.29 is 4.42 Å². The molecule has 0 aliphatic heterocycles. The molecule has 0 saturated carbocycles. The van der Waals surface area contributed by atoms with Crippen LogP contribution >= 0.6 is 0 Å². The minimum atomic E-state index is -0.0846. The lowest BCUT2D eigenvalue weighted by molar-refractivity contribution is 0.651. The van der Waals surface area contributed by atoms with Crippen LogP contribution in [0.25, 0.3) is 60.7 Å². The van der Waals surface area contributed by atoms with E-state index in [4.69, 9.17) is 4.42 Å². The third-order valence-electron chi connectivity index (χ3n) is 6.56. The highest BCUT2D eigenvalue weighted by molar-refractivity contribution is 6.11. The van der Waals surface area contributed by atoms with Crippen LogP contribution in [0.3, 0.4) is 0 Å². The lowest BCUT2D eigenvalue weighted by Gasteiger charge is -2.08. The summed E-state index contributed by atoms with van der Waals surface area (Å²) in [6.07, 6.45) is 0.